The summed E-state index contributed by atoms with van der Waals surface area (Å²) in [6.07, 6.45) is 1.45. The predicted octanol–water partition coefficient (Wildman–Crippen LogP) is 1.25. The molecule has 0 bridgehead atoms. The van der Waals surface area contributed by atoms with Crippen molar-refractivity contribution in [2.75, 3.05) is 0 Å². The highest BCUT2D eigenvalue weighted by molar-refractivity contribution is 6.16. The van der Waals surface area contributed by atoms with Gasteiger partial charge in [-0.3, -0.25) is 4.39 Å². The van der Waals surface area contributed by atoms with Crippen LogP contribution >= 0.6 is 0 Å². The van der Waals surface area contributed by atoms with Gasteiger partial charge in [0.2, 0.25) is 0 Å². The van der Waals surface area contributed by atoms with Crippen LogP contribution < -0.4 is 0 Å². The summed E-state index contributed by atoms with van der Waals surface area (Å²) in [5.41, 5.74) is -1.28. The normalized spacial score (nSPS) is 49.1. The van der Waals surface area contributed by atoms with E-state index in [1.807, 2.05) is 6.92 Å². The molecule has 0 aliphatic heterocycles. The van der Waals surface area contributed by atoms with Gasteiger partial charge in [-0.2, -0.15) is 0 Å². The van der Waals surface area contributed by atoms with Crippen molar-refractivity contribution in [3.05, 3.63) is 0 Å². The van der Waals surface area contributed by atoms with Crippen molar-refractivity contribution < 1.29 is 4.39 Å². The van der Waals surface area contributed by atoms with Crippen LogP contribution in [0.3, 0.4) is 0 Å². The van der Waals surface area contributed by atoms with E-state index in [0.717, 1.165) is 6.42 Å². The Labute approximate surface area is 44.5 Å². The fourth-order valence-corrected chi connectivity index (χ4v) is 0.802. The lowest BCUT2D eigenvalue weighted by molar-refractivity contribution is 0.391. The van der Waals surface area contributed by atoms with E-state index in [0.29, 0.717) is 6.42 Å². The second-order valence-corrected chi connectivity index (χ2v) is 2.24. The molecule has 0 N–H and O–H groups in total. The van der Waals surface area contributed by atoms with E-state index in [4.69, 9.17) is 7.85 Å². The number of hydrogen-bond acceptors (Lipinski definition) is 0. The van der Waals surface area contributed by atoms with Crippen molar-refractivity contribution in [3.63, 3.8) is 0 Å². The summed E-state index contributed by atoms with van der Waals surface area (Å²) in [5.74, 6) is 0.160. The first-order valence-electron chi connectivity index (χ1n) is 2.64. The molecule has 1 rings (SSSR count). The molecule has 2 radical (unpaired) electrons. The molecule has 0 aromatic rings. The van der Waals surface area contributed by atoms with Gasteiger partial charge in [-0.05, 0) is 12.3 Å². The van der Waals surface area contributed by atoms with Gasteiger partial charge in [-0.1, -0.05) is 13.3 Å². The smallest absolute Gasteiger partial charge is 0.121 e. The summed E-state index contributed by atoms with van der Waals surface area (Å²) in [6.45, 7) is 1.96. The van der Waals surface area contributed by atoms with Crippen molar-refractivity contribution in [2.24, 2.45) is 5.92 Å². The summed E-state index contributed by atoms with van der Waals surface area (Å²) in [5, 5.41) is 0. The number of hydrogen-bond donors (Lipinski definition) is 0. The Morgan fingerprint density at radius 1 is 2.00 bits per heavy atom. The molecular formula is C5H8BF. The van der Waals surface area contributed by atoms with Crippen LogP contribution in [0.4, 0.5) is 4.39 Å². The van der Waals surface area contributed by atoms with E-state index >= 15 is 0 Å². The minimum absolute atomic E-state index is 0.160. The van der Waals surface area contributed by atoms with E-state index in [1.54, 1.807) is 0 Å². The molecule has 0 spiro atoms. The lowest BCUT2D eigenvalue weighted by Crippen LogP contribution is -2.00. The van der Waals surface area contributed by atoms with Gasteiger partial charge in [0.25, 0.3) is 0 Å². The quantitative estimate of drug-likeness (QED) is 0.433. The summed E-state index contributed by atoms with van der Waals surface area (Å²) < 4.78 is 12.2. The summed E-state index contributed by atoms with van der Waals surface area (Å²) >= 11 is 0. The monoisotopic (exact) mass is 98.1 g/mol. The molecule has 1 aliphatic carbocycles. The van der Waals surface area contributed by atoms with Crippen LogP contribution in [0.1, 0.15) is 19.8 Å². The molecule has 0 saturated heterocycles. The van der Waals surface area contributed by atoms with Crippen molar-refractivity contribution in [2.45, 2.75) is 25.3 Å². The van der Waals surface area contributed by atoms with Crippen LogP contribution in [0.5, 0.6) is 0 Å². The first kappa shape index (κ1) is 5.14. The minimum Gasteiger partial charge on any atom is -0.255 e. The summed E-state index contributed by atoms with van der Waals surface area (Å²) in [7, 11) is 5.05. The first-order valence-corrected chi connectivity index (χ1v) is 2.64. The maximum absolute atomic E-state index is 12.2. The van der Waals surface area contributed by atoms with Gasteiger partial charge in [-0.15, -0.1) is 0 Å². The lowest BCUT2D eigenvalue weighted by atomic mass is 9.96. The van der Waals surface area contributed by atoms with E-state index in [-0.39, 0.29) is 5.92 Å². The van der Waals surface area contributed by atoms with Gasteiger partial charge >= 0.3 is 0 Å². The van der Waals surface area contributed by atoms with Crippen molar-refractivity contribution >= 4 is 7.85 Å². The molecular weight excluding hydrogens is 89.9 g/mol. The molecule has 7 heavy (non-hydrogen) atoms. The molecule has 2 unspecified atom stereocenters. The molecule has 38 valence electrons. The molecule has 0 heterocycles. The largest absolute Gasteiger partial charge is 0.255 e. The van der Waals surface area contributed by atoms with Crippen LogP contribution in [-0.2, 0) is 0 Å². The van der Waals surface area contributed by atoms with E-state index in [9.17, 15) is 4.39 Å². The van der Waals surface area contributed by atoms with Crippen LogP contribution in [0, 0.1) is 5.92 Å². The highest BCUT2D eigenvalue weighted by Crippen LogP contribution is 2.46. The van der Waals surface area contributed by atoms with E-state index in [2.05, 4.69) is 0 Å². The number of alkyl halides is 1. The Morgan fingerprint density at radius 3 is 2.43 bits per heavy atom. The van der Waals surface area contributed by atoms with Crippen molar-refractivity contribution in [1.29, 1.82) is 0 Å². The van der Waals surface area contributed by atoms with Crippen molar-refractivity contribution in [1.82, 2.24) is 0 Å². The van der Waals surface area contributed by atoms with Crippen LogP contribution in [-0.4, -0.2) is 13.4 Å². The third-order valence-electron chi connectivity index (χ3n) is 1.57. The Morgan fingerprint density at radius 2 is 2.43 bits per heavy atom. The highest BCUT2D eigenvalue weighted by atomic mass is 19.1. The number of halogens is 1. The molecule has 1 fully saturated rings. The van der Waals surface area contributed by atoms with Gasteiger partial charge in [0.05, 0.1) is 5.57 Å². The fourth-order valence-electron chi connectivity index (χ4n) is 0.802. The fraction of sp³-hybridized carbons (Fsp3) is 1.00. The lowest BCUT2D eigenvalue weighted by Gasteiger charge is -1.91. The SMILES string of the molecule is [B]C1(F)CC1CC. The second kappa shape index (κ2) is 1.24. The minimum atomic E-state index is -1.28. The zero-order chi connectivity index (χ0) is 5.49. The molecule has 0 aromatic heterocycles. The Hall–Kier alpha value is -0.00506. The van der Waals surface area contributed by atoms with Crippen LogP contribution in [0.15, 0.2) is 0 Å². The zero-order valence-electron chi connectivity index (χ0n) is 4.45. The highest BCUT2D eigenvalue weighted by Gasteiger charge is 2.48. The number of rotatable bonds is 1. The Bertz CT molecular complexity index is 80.1. The van der Waals surface area contributed by atoms with E-state index < -0.39 is 5.57 Å². The average Bonchev–Trinajstić information content (AvgIpc) is 2.13. The Kier molecular flexibility index (Phi) is 0.908. The van der Waals surface area contributed by atoms with E-state index in [1.165, 1.54) is 0 Å². The maximum atomic E-state index is 12.2. The molecule has 0 amide bonds. The molecule has 0 nitrogen and oxygen atoms in total. The second-order valence-electron chi connectivity index (χ2n) is 2.24. The third-order valence-corrected chi connectivity index (χ3v) is 1.57. The maximum Gasteiger partial charge on any atom is 0.121 e. The third kappa shape index (κ3) is 0.791. The van der Waals surface area contributed by atoms with Crippen LogP contribution in [0.25, 0.3) is 0 Å². The Balaban J connectivity index is 2.30. The molecule has 2 heteroatoms. The summed E-state index contributed by atoms with van der Waals surface area (Å²) in [4.78, 5) is 0. The summed E-state index contributed by atoms with van der Waals surface area (Å²) in [6, 6.07) is 0. The predicted molar refractivity (Wildman–Crippen MR) is 28.0 cm³/mol. The zero-order valence-corrected chi connectivity index (χ0v) is 4.45. The van der Waals surface area contributed by atoms with Gasteiger partial charge < -0.3 is 0 Å². The van der Waals surface area contributed by atoms with Crippen molar-refractivity contribution in [3.8, 4) is 0 Å². The van der Waals surface area contributed by atoms with Gasteiger partial charge in [0.15, 0.2) is 0 Å². The standard InChI is InChI=1S/C5H8BF/c1-2-4-3-5(4,6)7/h4H,2-3H2,1H3. The average molecular weight is 97.9 g/mol. The van der Waals surface area contributed by atoms with Gasteiger partial charge in [0, 0.05) is 0 Å². The molecule has 0 aromatic carbocycles. The molecule has 1 saturated carbocycles. The first-order chi connectivity index (χ1) is 3.17. The van der Waals surface area contributed by atoms with Gasteiger partial charge in [-0.25, -0.2) is 0 Å². The van der Waals surface area contributed by atoms with Gasteiger partial charge in [0.1, 0.15) is 7.85 Å². The van der Waals surface area contributed by atoms with Crippen LogP contribution in [0.2, 0.25) is 0 Å². The molecule has 2 atom stereocenters. The topological polar surface area (TPSA) is 0 Å². The molecule has 1 aliphatic rings.